The zero-order valence-electron chi connectivity index (χ0n) is 12.0. The first-order valence-electron chi connectivity index (χ1n) is 6.84. The number of hydrogen-bond acceptors (Lipinski definition) is 5. The molecule has 2 aromatic rings. The van der Waals surface area contributed by atoms with Gasteiger partial charge in [0, 0.05) is 5.56 Å². The van der Waals surface area contributed by atoms with Crippen LogP contribution in [-0.2, 0) is 6.42 Å². The summed E-state index contributed by atoms with van der Waals surface area (Å²) in [6.07, 6.45) is -0.103. The van der Waals surface area contributed by atoms with Crippen molar-refractivity contribution in [2.75, 3.05) is 6.61 Å². The van der Waals surface area contributed by atoms with E-state index in [0.29, 0.717) is 24.7 Å². The van der Waals surface area contributed by atoms with Crippen LogP contribution in [0.5, 0.6) is 5.75 Å². The average Bonchev–Trinajstić information content (AvgIpc) is 2.88. The van der Waals surface area contributed by atoms with Crippen LogP contribution < -0.4 is 4.74 Å². The second kappa shape index (κ2) is 6.52. The Morgan fingerprint density at radius 3 is 2.85 bits per heavy atom. The van der Waals surface area contributed by atoms with Gasteiger partial charge in [-0.1, -0.05) is 31.1 Å². The van der Waals surface area contributed by atoms with Crippen molar-refractivity contribution < 1.29 is 14.4 Å². The Hall–Kier alpha value is -1.88. The van der Waals surface area contributed by atoms with Crippen LogP contribution in [0.4, 0.5) is 0 Å². The highest BCUT2D eigenvalue weighted by Crippen LogP contribution is 2.22. The first-order valence-corrected chi connectivity index (χ1v) is 6.84. The summed E-state index contributed by atoms with van der Waals surface area (Å²) in [5, 5.41) is 13.8. The summed E-state index contributed by atoms with van der Waals surface area (Å²) >= 11 is 0. The molecular formula is C15H20N2O3. The van der Waals surface area contributed by atoms with Gasteiger partial charge in [-0.2, -0.15) is 4.98 Å². The fourth-order valence-corrected chi connectivity index (χ4v) is 1.76. The number of rotatable bonds is 6. The molecular weight excluding hydrogens is 256 g/mol. The Labute approximate surface area is 118 Å². The van der Waals surface area contributed by atoms with Crippen molar-refractivity contribution in [1.82, 2.24) is 10.1 Å². The molecule has 0 aliphatic rings. The van der Waals surface area contributed by atoms with Crippen LogP contribution in [0.1, 0.15) is 26.7 Å². The average molecular weight is 276 g/mol. The number of aliphatic hydroxyl groups excluding tert-OH is 1. The molecule has 1 aromatic carbocycles. The molecule has 5 heteroatoms. The third-order valence-electron chi connectivity index (χ3n) is 3.02. The molecule has 1 atom stereocenters. The van der Waals surface area contributed by atoms with Gasteiger partial charge in [-0.25, -0.2) is 0 Å². The number of aromatic nitrogens is 2. The minimum atomic E-state index is -0.474. The third kappa shape index (κ3) is 3.57. The van der Waals surface area contributed by atoms with E-state index < -0.39 is 6.10 Å². The number of hydrogen-bond donors (Lipinski definition) is 1. The fourth-order valence-electron chi connectivity index (χ4n) is 1.76. The highest BCUT2D eigenvalue weighted by molar-refractivity contribution is 5.56. The Morgan fingerprint density at radius 1 is 1.35 bits per heavy atom. The molecule has 0 aliphatic carbocycles. The van der Waals surface area contributed by atoms with Gasteiger partial charge in [0.15, 0.2) is 0 Å². The van der Waals surface area contributed by atoms with E-state index in [-0.39, 0.29) is 5.92 Å². The molecule has 20 heavy (non-hydrogen) atoms. The molecule has 1 heterocycles. The standard InChI is InChI=1S/C15H20N2O3/c1-4-19-12-7-5-6-11(8-12)15-16-14(20-17-15)9-13(18)10(2)3/h5-8,10,13,18H,4,9H2,1-3H3. The van der Waals surface area contributed by atoms with Gasteiger partial charge in [-0.3, -0.25) is 0 Å². The van der Waals surface area contributed by atoms with Crippen molar-refractivity contribution in [3.8, 4) is 17.1 Å². The Balaban J connectivity index is 2.14. The molecule has 0 saturated carbocycles. The summed E-state index contributed by atoms with van der Waals surface area (Å²) in [6.45, 7) is 6.45. The minimum absolute atomic E-state index is 0.159. The number of benzene rings is 1. The van der Waals surface area contributed by atoms with Gasteiger partial charge in [0.25, 0.3) is 0 Å². The number of nitrogens with zero attached hydrogens (tertiary/aromatic N) is 2. The maximum absolute atomic E-state index is 9.83. The first-order chi connectivity index (χ1) is 9.60. The minimum Gasteiger partial charge on any atom is -0.494 e. The van der Waals surface area contributed by atoms with E-state index in [2.05, 4.69) is 10.1 Å². The van der Waals surface area contributed by atoms with E-state index in [0.717, 1.165) is 11.3 Å². The molecule has 2 rings (SSSR count). The Bertz CT molecular complexity index is 552. The highest BCUT2D eigenvalue weighted by Gasteiger charge is 2.16. The van der Waals surface area contributed by atoms with Crippen LogP contribution in [0.15, 0.2) is 28.8 Å². The van der Waals surface area contributed by atoms with Crippen LogP contribution in [0.2, 0.25) is 0 Å². The molecule has 1 N–H and O–H groups in total. The van der Waals surface area contributed by atoms with E-state index in [1.54, 1.807) is 0 Å². The normalized spacial score (nSPS) is 12.7. The smallest absolute Gasteiger partial charge is 0.229 e. The molecule has 0 aliphatic heterocycles. The van der Waals surface area contributed by atoms with E-state index in [9.17, 15) is 5.11 Å². The van der Waals surface area contributed by atoms with E-state index in [1.165, 1.54) is 0 Å². The molecule has 0 spiro atoms. The van der Waals surface area contributed by atoms with Crippen molar-refractivity contribution in [1.29, 1.82) is 0 Å². The molecule has 0 saturated heterocycles. The van der Waals surface area contributed by atoms with Crippen molar-refractivity contribution in [2.45, 2.75) is 33.3 Å². The number of ether oxygens (including phenoxy) is 1. The zero-order valence-corrected chi connectivity index (χ0v) is 12.0. The number of aliphatic hydroxyl groups is 1. The van der Waals surface area contributed by atoms with Crippen molar-refractivity contribution in [3.63, 3.8) is 0 Å². The maximum atomic E-state index is 9.83. The lowest BCUT2D eigenvalue weighted by atomic mass is 10.0. The monoisotopic (exact) mass is 276 g/mol. The Morgan fingerprint density at radius 2 is 2.15 bits per heavy atom. The first kappa shape index (κ1) is 14.5. The molecule has 0 fully saturated rings. The van der Waals surface area contributed by atoms with E-state index in [1.807, 2.05) is 45.0 Å². The molecule has 0 amide bonds. The predicted octanol–water partition coefficient (Wildman–Crippen LogP) is 2.69. The lowest BCUT2D eigenvalue weighted by Gasteiger charge is -2.10. The molecule has 1 aromatic heterocycles. The maximum Gasteiger partial charge on any atom is 0.229 e. The summed E-state index contributed by atoms with van der Waals surface area (Å²) in [6, 6.07) is 7.54. The molecule has 0 radical (unpaired) electrons. The molecule has 0 bridgehead atoms. The van der Waals surface area contributed by atoms with Crippen LogP contribution in [0, 0.1) is 5.92 Å². The van der Waals surface area contributed by atoms with Crippen LogP contribution in [0.25, 0.3) is 11.4 Å². The molecule has 1 unspecified atom stereocenters. The summed E-state index contributed by atoms with van der Waals surface area (Å²) in [5.74, 6) is 1.89. The van der Waals surface area contributed by atoms with Crippen molar-refractivity contribution in [2.24, 2.45) is 5.92 Å². The van der Waals surface area contributed by atoms with Crippen molar-refractivity contribution >= 4 is 0 Å². The highest BCUT2D eigenvalue weighted by atomic mass is 16.5. The van der Waals surface area contributed by atoms with Crippen LogP contribution >= 0.6 is 0 Å². The Kier molecular flexibility index (Phi) is 4.74. The molecule has 5 nitrogen and oxygen atoms in total. The van der Waals surface area contributed by atoms with Crippen LogP contribution in [0.3, 0.4) is 0 Å². The van der Waals surface area contributed by atoms with Gasteiger partial charge in [0.1, 0.15) is 5.75 Å². The van der Waals surface area contributed by atoms with E-state index in [4.69, 9.17) is 9.26 Å². The van der Waals surface area contributed by atoms with Gasteiger partial charge in [-0.05, 0) is 25.0 Å². The molecule has 108 valence electrons. The summed E-state index contributed by atoms with van der Waals surface area (Å²) in [7, 11) is 0. The SMILES string of the molecule is CCOc1cccc(-c2noc(CC(O)C(C)C)n2)c1. The second-order valence-corrected chi connectivity index (χ2v) is 4.99. The predicted molar refractivity (Wildman–Crippen MR) is 75.5 cm³/mol. The lowest BCUT2D eigenvalue weighted by Crippen LogP contribution is -2.17. The van der Waals surface area contributed by atoms with Gasteiger partial charge in [-0.15, -0.1) is 0 Å². The second-order valence-electron chi connectivity index (χ2n) is 4.99. The van der Waals surface area contributed by atoms with Crippen molar-refractivity contribution in [3.05, 3.63) is 30.2 Å². The van der Waals surface area contributed by atoms with Gasteiger partial charge in [0.05, 0.1) is 19.1 Å². The van der Waals surface area contributed by atoms with Gasteiger partial charge >= 0.3 is 0 Å². The van der Waals surface area contributed by atoms with Gasteiger partial charge in [0.2, 0.25) is 11.7 Å². The topological polar surface area (TPSA) is 68.4 Å². The van der Waals surface area contributed by atoms with E-state index >= 15 is 0 Å². The third-order valence-corrected chi connectivity index (χ3v) is 3.02. The fraction of sp³-hybridized carbons (Fsp3) is 0.467. The van der Waals surface area contributed by atoms with Crippen LogP contribution in [-0.4, -0.2) is 28.0 Å². The summed E-state index contributed by atoms with van der Waals surface area (Å²) in [4.78, 5) is 4.31. The van der Waals surface area contributed by atoms with Gasteiger partial charge < -0.3 is 14.4 Å². The zero-order chi connectivity index (χ0) is 14.5. The lowest BCUT2D eigenvalue weighted by molar-refractivity contribution is 0.116. The summed E-state index contributed by atoms with van der Waals surface area (Å²) < 4.78 is 10.6. The summed E-state index contributed by atoms with van der Waals surface area (Å²) in [5.41, 5.74) is 0.838. The quantitative estimate of drug-likeness (QED) is 0.878. The largest absolute Gasteiger partial charge is 0.494 e.